The van der Waals surface area contributed by atoms with Crippen LogP contribution in [-0.2, 0) is 5.33 Å². The Morgan fingerprint density at radius 3 is 2.75 bits per heavy atom. The SMILES string of the molecule is Clc1cc(CBr)ccc1Oc1cnc2ccccc2c1. The molecule has 4 heteroatoms. The fourth-order valence-electron chi connectivity index (χ4n) is 1.94. The molecular formula is C16H11BrClNO. The monoisotopic (exact) mass is 347 g/mol. The minimum absolute atomic E-state index is 0.593. The summed E-state index contributed by atoms with van der Waals surface area (Å²) < 4.78 is 5.81. The summed E-state index contributed by atoms with van der Waals surface area (Å²) >= 11 is 9.61. The zero-order valence-corrected chi connectivity index (χ0v) is 12.9. The number of rotatable bonds is 3. The molecule has 0 spiro atoms. The van der Waals surface area contributed by atoms with Crippen molar-refractivity contribution in [3.05, 3.63) is 65.3 Å². The van der Waals surface area contributed by atoms with Crippen molar-refractivity contribution in [3.8, 4) is 11.5 Å². The van der Waals surface area contributed by atoms with E-state index in [1.807, 2.05) is 48.5 Å². The van der Waals surface area contributed by atoms with Crippen molar-refractivity contribution in [2.24, 2.45) is 0 Å². The number of halogens is 2. The Morgan fingerprint density at radius 1 is 1.10 bits per heavy atom. The van der Waals surface area contributed by atoms with Crippen molar-refractivity contribution < 1.29 is 4.74 Å². The van der Waals surface area contributed by atoms with Gasteiger partial charge in [-0.05, 0) is 29.8 Å². The number of aromatic nitrogens is 1. The second-order valence-corrected chi connectivity index (χ2v) is 5.33. The number of hydrogen-bond donors (Lipinski definition) is 0. The molecule has 0 saturated heterocycles. The molecule has 0 aliphatic carbocycles. The Bertz CT molecular complexity index is 760. The van der Waals surface area contributed by atoms with E-state index in [9.17, 15) is 0 Å². The van der Waals surface area contributed by atoms with Crippen LogP contribution in [-0.4, -0.2) is 4.98 Å². The molecule has 1 heterocycles. The number of benzene rings is 2. The van der Waals surface area contributed by atoms with Gasteiger partial charge >= 0.3 is 0 Å². The van der Waals surface area contributed by atoms with Crippen LogP contribution in [0.5, 0.6) is 11.5 Å². The van der Waals surface area contributed by atoms with E-state index in [-0.39, 0.29) is 0 Å². The molecule has 0 N–H and O–H groups in total. The third-order valence-electron chi connectivity index (χ3n) is 2.94. The van der Waals surface area contributed by atoms with Crippen molar-refractivity contribution in [2.45, 2.75) is 5.33 Å². The molecular weight excluding hydrogens is 338 g/mol. The van der Waals surface area contributed by atoms with Gasteiger partial charge in [0.15, 0.2) is 0 Å². The first-order valence-corrected chi connectivity index (χ1v) is 7.63. The van der Waals surface area contributed by atoms with E-state index in [4.69, 9.17) is 16.3 Å². The first-order chi connectivity index (χ1) is 9.76. The lowest BCUT2D eigenvalue weighted by molar-refractivity contribution is 0.481. The first kappa shape index (κ1) is 13.4. The van der Waals surface area contributed by atoms with Gasteiger partial charge in [0.1, 0.15) is 11.5 Å². The summed E-state index contributed by atoms with van der Waals surface area (Å²) in [4.78, 5) is 4.37. The van der Waals surface area contributed by atoms with Crippen molar-refractivity contribution in [1.82, 2.24) is 4.98 Å². The van der Waals surface area contributed by atoms with Gasteiger partial charge in [0.05, 0.1) is 16.7 Å². The lowest BCUT2D eigenvalue weighted by Gasteiger charge is -2.09. The first-order valence-electron chi connectivity index (χ1n) is 6.13. The number of fused-ring (bicyclic) bond motifs is 1. The summed E-state index contributed by atoms with van der Waals surface area (Å²) in [6.45, 7) is 0. The highest BCUT2D eigenvalue weighted by molar-refractivity contribution is 9.08. The van der Waals surface area contributed by atoms with Gasteiger partial charge in [-0.2, -0.15) is 0 Å². The molecule has 2 aromatic carbocycles. The van der Waals surface area contributed by atoms with Gasteiger partial charge in [-0.1, -0.05) is 51.8 Å². The van der Waals surface area contributed by atoms with Crippen LogP contribution in [0.1, 0.15) is 5.56 Å². The summed E-state index contributed by atoms with van der Waals surface area (Å²) in [5.41, 5.74) is 2.06. The molecule has 3 aromatic rings. The maximum absolute atomic E-state index is 6.21. The molecule has 20 heavy (non-hydrogen) atoms. The van der Waals surface area contributed by atoms with Crippen molar-refractivity contribution in [2.75, 3.05) is 0 Å². The number of nitrogens with zero attached hydrogens (tertiary/aromatic N) is 1. The lowest BCUT2D eigenvalue weighted by Crippen LogP contribution is -1.88. The zero-order valence-electron chi connectivity index (χ0n) is 10.5. The normalized spacial score (nSPS) is 10.7. The molecule has 2 nitrogen and oxygen atoms in total. The molecule has 0 aliphatic heterocycles. The van der Waals surface area contributed by atoms with Crippen LogP contribution in [0.4, 0.5) is 0 Å². The molecule has 0 amide bonds. The van der Waals surface area contributed by atoms with Crippen LogP contribution < -0.4 is 4.74 Å². The number of hydrogen-bond acceptors (Lipinski definition) is 2. The highest BCUT2D eigenvalue weighted by Gasteiger charge is 2.05. The summed E-state index contributed by atoms with van der Waals surface area (Å²) in [5.74, 6) is 1.31. The minimum atomic E-state index is 0.593. The fourth-order valence-corrected chi connectivity index (χ4v) is 2.53. The van der Waals surface area contributed by atoms with Crippen LogP contribution in [0, 0.1) is 0 Å². The van der Waals surface area contributed by atoms with E-state index >= 15 is 0 Å². The standard InChI is InChI=1S/C16H11BrClNO/c17-9-11-5-6-16(14(18)7-11)20-13-8-12-3-1-2-4-15(12)19-10-13/h1-8,10H,9H2. The summed E-state index contributed by atoms with van der Waals surface area (Å²) in [7, 11) is 0. The van der Waals surface area contributed by atoms with Crippen LogP contribution in [0.2, 0.25) is 5.02 Å². The predicted molar refractivity (Wildman–Crippen MR) is 85.9 cm³/mol. The molecule has 0 fully saturated rings. The largest absolute Gasteiger partial charge is 0.454 e. The van der Waals surface area contributed by atoms with Crippen molar-refractivity contribution in [1.29, 1.82) is 0 Å². The van der Waals surface area contributed by atoms with E-state index < -0.39 is 0 Å². The quantitative estimate of drug-likeness (QED) is 0.577. The number of para-hydroxylation sites is 1. The molecule has 0 radical (unpaired) electrons. The second-order valence-electron chi connectivity index (χ2n) is 4.36. The molecule has 0 atom stereocenters. The van der Waals surface area contributed by atoms with Crippen LogP contribution in [0.3, 0.4) is 0 Å². The van der Waals surface area contributed by atoms with Crippen LogP contribution >= 0.6 is 27.5 Å². The molecule has 0 aliphatic rings. The van der Waals surface area contributed by atoms with Crippen molar-refractivity contribution >= 4 is 38.4 Å². The van der Waals surface area contributed by atoms with E-state index in [0.29, 0.717) is 16.5 Å². The van der Waals surface area contributed by atoms with E-state index in [0.717, 1.165) is 21.8 Å². The van der Waals surface area contributed by atoms with Crippen LogP contribution in [0.15, 0.2) is 54.7 Å². The van der Waals surface area contributed by atoms with Crippen LogP contribution in [0.25, 0.3) is 10.9 Å². The maximum atomic E-state index is 6.21. The lowest BCUT2D eigenvalue weighted by atomic mass is 10.2. The predicted octanol–water partition coefficient (Wildman–Crippen LogP) is 5.58. The fraction of sp³-hybridized carbons (Fsp3) is 0.0625. The molecule has 0 bridgehead atoms. The highest BCUT2D eigenvalue weighted by atomic mass is 79.9. The van der Waals surface area contributed by atoms with Gasteiger partial charge in [-0.15, -0.1) is 0 Å². The average molecular weight is 349 g/mol. The maximum Gasteiger partial charge on any atom is 0.146 e. The Morgan fingerprint density at radius 2 is 1.95 bits per heavy atom. The minimum Gasteiger partial charge on any atom is -0.454 e. The van der Waals surface area contributed by atoms with Gasteiger partial charge in [0.2, 0.25) is 0 Å². The molecule has 100 valence electrons. The smallest absolute Gasteiger partial charge is 0.146 e. The summed E-state index contributed by atoms with van der Waals surface area (Å²) in [6.07, 6.45) is 1.71. The molecule has 3 rings (SSSR count). The summed E-state index contributed by atoms with van der Waals surface area (Å²) in [6, 6.07) is 15.6. The van der Waals surface area contributed by atoms with Gasteiger partial charge < -0.3 is 4.74 Å². The van der Waals surface area contributed by atoms with E-state index in [1.165, 1.54) is 0 Å². The Kier molecular flexibility index (Phi) is 3.90. The van der Waals surface area contributed by atoms with Crippen molar-refractivity contribution in [3.63, 3.8) is 0 Å². The summed E-state index contributed by atoms with van der Waals surface area (Å²) in [5, 5.41) is 2.40. The van der Waals surface area contributed by atoms with Gasteiger partial charge in [0, 0.05) is 10.7 Å². The Balaban J connectivity index is 1.92. The zero-order chi connectivity index (χ0) is 13.9. The molecule has 0 saturated carbocycles. The van der Waals surface area contributed by atoms with Gasteiger partial charge in [-0.25, -0.2) is 0 Å². The van der Waals surface area contributed by atoms with Gasteiger partial charge in [0.25, 0.3) is 0 Å². The third kappa shape index (κ3) is 2.79. The Hall–Kier alpha value is -1.58. The average Bonchev–Trinajstić information content (AvgIpc) is 2.49. The molecule has 1 aromatic heterocycles. The second kappa shape index (κ2) is 5.81. The Labute approximate surface area is 130 Å². The van der Waals surface area contributed by atoms with E-state index in [1.54, 1.807) is 6.20 Å². The topological polar surface area (TPSA) is 22.1 Å². The number of pyridine rings is 1. The van der Waals surface area contributed by atoms with Gasteiger partial charge in [-0.3, -0.25) is 4.98 Å². The third-order valence-corrected chi connectivity index (χ3v) is 3.89. The molecule has 0 unspecified atom stereocenters. The van der Waals surface area contributed by atoms with E-state index in [2.05, 4.69) is 20.9 Å². The highest BCUT2D eigenvalue weighted by Crippen LogP contribution is 2.31. The number of ether oxygens (including phenoxy) is 1. The number of alkyl halides is 1.